The van der Waals surface area contributed by atoms with Crippen LogP contribution in [-0.2, 0) is 17.8 Å². The van der Waals surface area contributed by atoms with Gasteiger partial charge in [0.05, 0.1) is 12.6 Å². The van der Waals surface area contributed by atoms with Crippen LogP contribution in [0, 0.1) is 0 Å². The van der Waals surface area contributed by atoms with Gasteiger partial charge in [-0.05, 0) is 39.1 Å². The van der Waals surface area contributed by atoms with Crippen molar-refractivity contribution >= 4 is 17.2 Å². The van der Waals surface area contributed by atoms with Crippen LogP contribution in [-0.4, -0.2) is 30.9 Å². The van der Waals surface area contributed by atoms with E-state index in [-0.39, 0.29) is 11.9 Å². The van der Waals surface area contributed by atoms with Gasteiger partial charge in [0.2, 0.25) is 5.91 Å². The van der Waals surface area contributed by atoms with Crippen LogP contribution in [0.2, 0.25) is 0 Å². The second-order valence-corrected chi connectivity index (χ2v) is 5.58. The van der Waals surface area contributed by atoms with Gasteiger partial charge in [-0.15, -0.1) is 11.3 Å². The minimum atomic E-state index is -0.0272. The van der Waals surface area contributed by atoms with Crippen LogP contribution in [0.3, 0.4) is 0 Å². The molecule has 1 unspecified atom stereocenters. The highest BCUT2D eigenvalue weighted by Gasteiger charge is 2.17. The number of hydrogen-bond acceptors (Lipinski definition) is 3. The van der Waals surface area contributed by atoms with E-state index in [1.165, 1.54) is 9.75 Å². The van der Waals surface area contributed by atoms with Crippen LogP contribution in [0.15, 0.2) is 12.1 Å². The third-order valence-electron chi connectivity index (χ3n) is 2.82. The summed E-state index contributed by atoms with van der Waals surface area (Å²) < 4.78 is 0. The Balaban J connectivity index is 2.47. The lowest BCUT2D eigenvalue weighted by molar-refractivity contribution is -0.125. The second kappa shape index (κ2) is 6.77. The Kier molecular flexibility index (Phi) is 5.65. The first kappa shape index (κ1) is 14.2. The molecule has 0 aromatic carbocycles. The van der Waals surface area contributed by atoms with Gasteiger partial charge < -0.3 is 5.32 Å². The summed E-state index contributed by atoms with van der Waals surface area (Å²) in [6.07, 6.45) is 1.90. The number of aryl methyl sites for hydroxylation is 1. The predicted octanol–water partition coefficient (Wildman–Crippen LogP) is 2.27. The summed E-state index contributed by atoms with van der Waals surface area (Å²) in [6.45, 7) is 4.83. The van der Waals surface area contributed by atoms with Crippen LogP contribution in [0.5, 0.6) is 0 Å². The van der Waals surface area contributed by atoms with E-state index in [2.05, 4.69) is 24.4 Å². The molecule has 0 aliphatic heterocycles. The van der Waals surface area contributed by atoms with Crippen LogP contribution >= 0.6 is 11.3 Å². The van der Waals surface area contributed by atoms with Crippen molar-refractivity contribution in [3.8, 4) is 0 Å². The Labute approximate surface area is 108 Å². The number of nitrogens with zero attached hydrogens (tertiary/aromatic N) is 1. The Bertz CT molecular complexity index is 360. The van der Waals surface area contributed by atoms with Crippen molar-refractivity contribution in [2.45, 2.75) is 39.3 Å². The lowest BCUT2D eigenvalue weighted by atomic mass is 10.2. The summed E-state index contributed by atoms with van der Waals surface area (Å²) >= 11 is 1.77. The molecule has 0 fully saturated rings. The molecule has 3 nitrogen and oxygen atoms in total. The predicted molar refractivity (Wildman–Crippen MR) is 73.3 cm³/mol. The van der Waals surface area contributed by atoms with Gasteiger partial charge in [0.25, 0.3) is 0 Å². The average molecular weight is 254 g/mol. The maximum absolute atomic E-state index is 11.9. The van der Waals surface area contributed by atoms with Gasteiger partial charge in [0.1, 0.15) is 0 Å². The average Bonchev–Trinajstić information content (AvgIpc) is 2.74. The zero-order valence-electron chi connectivity index (χ0n) is 11.1. The van der Waals surface area contributed by atoms with Gasteiger partial charge in [-0.1, -0.05) is 13.8 Å². The first-order valence-corrected chi connectivity index (χ1v) is 6.91. The molecule has 1 N–H and O–H groups in total. The molecule has 1 rings (SSSR count). The van der Waals surface area contributed by atoms with Crippen molar-refractivity contribution in [1.29, 1.82) is 0 Å². The van der Waals surface area contributed by atoms with Crippen molar-refractivity contribution in [2.75, 3.05) is 14.1 Å². The van der Waals surface area contributed by atoms with E-state index in [9.17, 15) is 4.79 Å². The molecule has 0 spiro atoms. The molecule has 0 radical (unpaired) electrons. The largest absolute Gasteiger partial charge is 0.350 e. The van der Waals surface area contributed by atoms with Crippen LogP contribution in [0.4, 0.5) is 0 Å². The molecule has 0 aliphatic rings. The monoisotopic (exact) mass is 254 g/mol. The van der Waals surface area contributed by atoms with Gasteiger partial charge >= 0.3 is 0 Å². The number of hydrogen-bond donors (Lipinski definition) is 1. The highest BCUT2D eigenvalue weighted by molar-refractivity contribution is 7.11. The third kappa shape index (κ3) is 4.13. The fourth-order valence-corrected chi connectivity index (χ4v) is 2.68. The lowest BCUT2D eigenvalue weighted by Crippen LogP contribution is -2.42. The second-order valence-electron chi connectivity index (χ2n) is 4.33. The molecule has 0 bridgehead atoms. The maximum atomic E-state index is 11.9. The van der Waals surface area contributed by atoms with Crippen LogP contribution in [0.1, 0.15) is 30.0 Å². The number of carbonyl (C=O) groups is 1. The first-order valence-electron chi connectivity index (χ1n) is 6.10. The number of nitrogens with one attached hydrogen (secondary N) is 1. The molecule has 1 heterocycles. The summed E-state index contributed by atoms with van der Waals surface area (Å²) in [7, 11) is 3.88. The number of rotatable bonds is 6. The smallest absolute Gasteiger partial charge is 0.237 e. The molecule has 0 saturated heterocycles. The van der Waals surface area contributed by atoms with Gasteiger partial charge in [0.15, 0.2) is 0 Å². The molecule has 1 amide bonds. The Morgan fingerprint density at radius 1 is 1.35 bits per heavy atom. The Morgan fingerprint density at radius 3 is 2.47 bits per heavy atom. The number of likely N-dealkylation sites (N-methyl/N-ethyl adjacent to an activating group) is 1. The summed E-state index contributed by atoms with van der Waals surface area (Å²) in [5.41, 5.74) is 0. The van der Waals surface area contributed by atoms with E-state index < -0.39 is 0 Å². The molecule has 1 aromatic rings. The number of carbonyl (C=O) groups excluding carboxylic acids is 1. The van der Waals surface area contributed by atoms with Crippen LogP contribution in [0.25, 0.3) is 0 Å². The van der Waals surface area contributed by atoms with Gasteiger partial charge in [-0.3, -0.25) is 9.69 Å². The summed E-state index contributed by atoms with van der Waals surface area (Å²) in [5, 5.41) is 3.00. The van der Waals surface area contributed by atoms with Crippen molar-refractivity contribution in [3.63, 3.8) is 0 Å². The highest BCUT2D eigenvalue weighted by Crippen LogP contribution is 2.16. The first-order chi connectivity index (χ1) is 8.08. The van der Waals surface area contributed by atoms with Crippen molar-refractivity contribution in [2.24, 2.45) is 0 Å². The van der Waals surface area contributed by atoms with Gasteiger partial charge in [0, 0.05) is 9.75 Å². The number of amides is 1. The Morgan fingerprint density at radius 2 is 2.00 bits per heavy atom. The Hall–Kier alpha value is -0.870. The molecule has 1 atom stereocenters. The molecular weight excluding hydrogens is 232 g/mol. The van der Waals surface area contributed by atoms with E-state index in [0.29, 0.717) is 6.54 Å². The molecular formula is C13H22N2OS. The highest BCUT2D eigenvalue weighted by atomic mass is 32.1. The zero-order chi connectivity index (χ0) is 12.8. The molecule has 0 saturated carbocycles. The van der Waals surface area contributed by atoms with E-state index in [0.717, 1.165) is 12.8 Å². The minimum Gasteiger partial charge on any atom is -0.350 e. The molecule has 0 aliphatic carbocycles. The van der Waals surface area contributed by atoms with Crippen LogP contribution < -0.4 is 5.32 Å². The SMILES string of the molecule is CCc1ccc(CNC(=O)C(CC)N(C)C)s1. The summed E-state index contributed by atoms with van der Waals surface area (Å²) in [4.78, 5) is 16.5. The minimum absolute atomic E-state index is 0.0272. The zero-order valence-corrected chi connectivity index (χ0v) is 11.9. The van der Waals surface area contributed by atoms with Crippen molar-refractivity contribution in [1.82, 2.24) is 10.2 Å². The standard InChI is InChI=1S/C13H22N2OS/c1-5-10-7-8-11(17-10)9-14-13(16)12(6-2)15(3)4/h7-8,12H,5-6,9H2,1-4H3,(H,14,16). The molecule has 4 heteroatoms. The number of thiophene rings is 1. The van der Waals surface area contributed by atoms with Crippen molar-refractivity contribution < 1.29 is 4.79 Å². The van der Waals surface area contributed by atoms with E-state index in [1.807, 2.05) is 25.9 Å². The van der Waals surface area contributed by atoms with Crippen molar-refractivity contribution in [3.05, 3.63) is 21.9 Å². The lowest BCUT2D eigenvalue weighted by Gasteiger charge is -2.21. The fraction of sp³-hybridized carbons (Fsp3) is 0.615. The topological polar surface area (TPSA) is 32.3 Å². The molecule has 96 valence electrons. The molecule has 17 heavy (non-hydrogen) atoms. The quantitative estimate of drug-likeness (QED) is 0.844. The van der Waals surface area contributed by atoms with E-state index >= 15 is 0 Å². The maximum Gasteiger partial charge on any atom is 0.237 e. The van der Waals surface area contributed by atoms with Gasteiger partial charge in [-0.2, -0.15) is 0 Å². The third-order valence-corrected chi connectivity index (χ3v) is 4.04. The fourth-order valence-electron chi connectivity index (χ4n) is 1.78. The van der Waals surface area contributed by atoms with E-state index in [4.69, 9.17) is 0 Å². The normalized spacial score (nSPS) is 12.8. The van der Waals surface area contributed by atoms with E-state index in [1.54, 1.807) is 11.3 Å². The summed E-state index contributed by atoms with van der Waals surface area (Å²) in [5.74, 6) is 0.115. The molecule has 1 aromatic heterocycles. The summed E-state index contributed by atoms with van der Waals surface area (Å²) in [6, 6.07) is 4.20. The van der Waals surface area contributed by atoms with Gasteiger partial charge in [-0.25, -0.2) is 0 Å².